The van der Waals surface area contributed by atoms with Crippen molar-refractivity contribution in [2.24, 2.45) is 0 Å². The van der Waals surface area contributed by atoms with E-state index in [1.54, 1.807) is 42.6 Å². The molecule has 0 aliphatic carbocycles. The molecule has 0 saturated carbocycles. The standard InChI is InChI=1S/C17H20F3NO3/c1-11(2)15(3,12-9-7-6-8-10-12)16(4,14(23)24-5)21-13(22)17(18,19)20/h6-10H,1H2,2-5H3,(H,21,22)/t15-,16+/m1/s1. The minimum absolute atomic E-state index is 0.393. The topological polar surface area (TPSA) is 55.4 Å². The molecule has 1 amide bonds. The van der Waals surface area contributed by atoms with Crippen molar-refractivity contribution in [2.45, 2.75) is 37.9 Å². The van der Waals surface area contributed by atoms with Gasteiger partial charge in [0.25, 0.3) is 0 Å². The lowest BCUT2D eigenvalue weighted by Gasteiger charge is -2.45. The minimum atomic E-state index is -5.14. The Balaban J connectivity index is 3.59. The van der Waals surface area contributed by atoms with E-state index in [2.05, 4.69) is 11.3 Å². The highest BCUT2D eigenvalue weighted by Crippen LogP contribution is 2.42. The van der Waals surface area contributed by atoms with Gasteiger partial charge in [0.2, 0.25) is 0 Å². The maximum Gasteiger partial charge on any atom is 0.471 e. The van der Waals surface area contributed by atoms with Gasteiger partial charge in [-0.15, -0.1) is 0 Å². The van der Waals surface area contributed by atoms with Crippen LogP contribution in [-0.2, 0) is 19.7 Å². The molecule has 7 heteroatoms. The van der Waals surface area contributed by atoms with E-state index in [0.29, 0.717) is 11.1 Å². The van der Waals surface area contributed by atoms with Gasteiger partial charge in [-0.25, -0.2) is 4.79 Å². The van der Waals surface area contributed by atoms with Gasteiger partial charge in [-0.05, 0) is 26.3 Å². The van der Waals surface area contributed by atoms with E-state index in [1.165, 1.54) is 13.8 Å². The number of halogens is 3. The molecule has 132 valence electrons. The SMILES string of the molecule is C=C(C)[C@](C)(c1ccccc1)[C@@](C)(NC(=O)C(F)(F)F)C(=O)OC. The molecule has 4 nitrogen and oxygen atoms in total. The molecule has 0 aromatic heterocycles. The Kier molecular flexibility index (Phi) is 5.48. The first-order valence-electron chi connectivity index (χ1n) is 7.10. The summed E-state index contributed by atoms with van der Waals surface area (Å²) in [4.78, 5) is 23.9. The molecule has 0 aliphatic heterocycles. The van der Waals surface area contributed by atoms with E-state index in [-0.39, 0.29) is 0 Å². The van der Waals surface area contributed by atoms with E-state index < -0.39 is 29.0 Å². The van der Waals surface area contributed by atoms with Gasteiger partial charge >= 0.3 is 18.1 Å². The third-order valence-corrected chi connectivity index (χ3v) is 4.42. The summed E-state index contributed by atoms with van der Waals surface area (Å²) in [5.41, 5.74) is -2.43. The predicted molar refractivity (Wildman–Crippen MR) is 83.2 cm³/mol. The molecule has 0 spiro atoms. The van der Waals surface area contributed by atoms with Crippen molar-refractivity contribution in [3.8, 4) is 0 Å². The van der Waals surface area contributed by atoms with Gasteiger partial charge < -0.3 is 10.1 Å². The zero-order chi connectivity index (χ0) is 18.8. The molecule has 0 radical (unpaired) electrons. The fraction of sp³-hybridized carbons (Fsp3) is 0.412. The maximum atomic E-state index is 12.8. The van der Waals surface area contributed by atoms with Crippen LogP contribution in [-0.4, -0.2) is 30.7 Å². The number of hydrogen-bond donors (Lipinski definition) is 1. The number of amides is 1. The first-order valence-corrected chi connectivity index (χ1v) is 7.10. The quantitative estimate of drug-likeness (QED) is 0.660. The molecule has 1 rings (SSSR count). The van der Waals surface area contributed by atoms with Crippen LogP contribution in [0.1, 0.15) is 26.3 Å². The molecule has 0 unspecified atom stereocenters. The van der Waals surface area contributed by atoms with Crippen molar-refractivity contribution in [3.05, 3.63) is 48.0 Å². The first kappa shape index (κ1) is 19.7. The zero-order valence-electron chi connectivity index (χ0n) is 14.0. The van der Waals surface area contributed by atoms with Gasteiger partial charge in [-0.1, -0.05) is 42.5 Å². The Bertz CT molecular complexity index is 642. The van der Waals surface area contributed by atoms with Crippen molar-refractivity contribution < 1.29 is 27.5 Å². The number of carbonyl (C=O) groups excluding carboxylic acids is 2. The van der Waals surface area contributed by atoms with Crippen molar-refractivity contribution in [3.63, 3.8) is 0 Å². The van der Waals surface area contributed by atoms with E-state index in [1.807, 2.05) is 0 Å². The molecule has 1 aromatic rings. The van der Waals surface area contributed by atoms with E-state index >= 15 is 0 Å². The third kappa shape index (κ3) is 3.29. The lowest BCUT2D eigenvalue weighted by Crippen LogP contribution is -2.66. The van der Waals surface area contributed by atoms with Crippen LogP contribution in [0.15, 0.2) is 42.5 Å². The van der Waals surface area contributed by atoms with Gasteiger partial charge in [0.05, 0.1) is 7.11 Å². The average molecular weight is 343 g/mol. The fourth-order valence-corrected chi connectivity index (χ4v) is 2.62. The average Bonchev–Trinajstić information content (AvgIpc) is 2.52. The summed E-state index contributed by atoms with van der Waals surface area (Å²) in [6, 6.07) is 8.39. The molecule has 1 aromatic carbocycles. The summed E-state index contributed by atoms with van der Waals surface area (Å²) in [7, 11) is 1.05. The number of benzene rings is 1. The van der Waals surface area contributed by atoms with Gasteiger partial charge in [-0.2, -0.15) is 13.2 Å². The molecule has 0 heterocycles. The zero-order valence-corrected chi connectivity index (χ0v) is 14.0. The Labute approximate surface area is 138 Å². The van der Waals surface area contributed by atoms with E-state index in [0.717, 1.165) is 7.11 Å². The fourth-order valence-electron chi connectivity index (χ4n) is 2.62. The summed E-state index contributed by atoms with van der Waals surface area (Å²) < 4.78 is 42.9. The van der Waals surface area contributed by atoms with Crippen molar-refractivity contribution in [1.82, 2.24) is 5.32 Å². The summed E-state index contributed by atoms with van der Waals surface area (Å²) in [6.45, 7) is 8.13. The lowest BCUT2D eigenvalue weighted by atomic mass is 9.63. The number of rotatable bonds is 5. The molecular formula is C17H20F3NO3. The highest BCUT2D eigenvalue weighted by molar-refractivity contribution is 5.92. The monoisotopic (exact) mass is 343 g/mol. The lowest BCUT2D eigenvalue weighted by molar-refractivity contribution is -0.179. The second-order valence-electron chi connectivity index (χ2n) is 5.84. The Morgan fingerprint density at radius 2 is 1.62 bits per heavy atom. The number of ether oxygens (including phenoxy) is 1. The number of methoxy groups -OCH3 is 1. The summed E-state index contributed by atoms with van der Waals surface area (Å²) in [6.07, 6.45) is -5.14. The first-order chi connectivity index (χ1) is 10.9. The van der Waals surface area contributed by atoms with Crippen LogP contribution < -0.4 is 5.32 Å². The summed E-state index contributed by atoms with van der Waals surface area (Å²) in [5, 5.41) is 1.81. The van der Waals surface area contributed by atoms with Crippen molar-refractivity contribution >= 4 is 11.9 Å². The molecule has 2 atom stereocenters. The number of alkyl halides is 3. The summed E-state index contributed by atoms with van der Waals surface area (Å²) in [5.74, 6) is -3.23. The molecule has 0 fully saturated rings. The molecule has 0 bridgehead atoms. The van der Waals surface area contributed by atoms with Gasteiger partial charge in [0.1, 0.15) is 5.54 Å². The van der Waals surface area contributed by atoms with Crippen LogP contribution in [0, 0.1) is 0 Å². The second kappa shape index (κ2) is 6.67. The normalized spacial score (nSPS) is 16.5. The maximum absolute atomic E-state index is 12.8. The predicted octanol–water partition coefficient (Wildman–Crippen LogP) is 3.13. The Morgan fingerprint density at radius 1 is 1.12 bits per heavy atom. The number of hydrogen-bond acceptors (Lipinski definition) is 3. The van der Waals surface area contributed by atoms with Crippen LogP contribution in [0.4, 0.5) is 13.2 Å². The van der Waals surface area contributed by atoms with Crippen molar-refractivity contribution in [1.29, 1.82) is 0 Å². The van der Waals surface area contributed by atoms with Crippen LogP contribution in [0.5, 0.6) is 0 Å². The molecule has 24 heavy (non-hydrogen) atoms. The second-order valence-corrected chi connectivity index (χ2v) is 5.84. The largest absolute Gasteiger partial charge is 0.471 e. The van der Waals surface area contributed by atoms with Gasteiger partial charge in [0, 0.05) is 5.41 Å². The molecule has 0 aliphatic rings. The van der Waals surface area contributed by atoms with Gasteiger partial charge in [-0.3, -0.25) is 4.79 Å². The molecule has 0 saturated heterocycles. The van der Waals surface area contributed by atoms with Crippen molar-refractivity contribution in [2.75, 3.05) is 7.11 Å². The van der Waals surface area contributed by atoms with E-state index in [9.17, 15) is 22.8 Å². The number of nitrogens with one attached hydrogen (secondary N) is 1. The smallest absolute Gasteiger partial charge is 0.467 e. The van der Waals surface area contributed by atoms with Crippen LogP contribution >= 0.6 is 0 Å². The Morgan fingerprint density at radius 3 is 2.00 bits per heavy atom. The van der Waals surface area contributed by atoms with Crippen LogP contribution in [0.3, 0.4) is 0 Å². The van der Waals surface area contributed by atoms with E-state index in [4.69, 9.17) is 0 Å². The highest BCUT2D eigenvalue weighted by Gasteiger charge is 2.56. The molecule has 1 N–H and O–H groups in total. The number of esters is 1. The summed E-state index contributed by atoms with van der Waals surface area (Å²) >= 11 is 0. The van der Waals surface area contributed by atoms with Crippen LogP contribution in [0.25, 0.3) is 0 Å². The Hall–Kier alpha value is -2.31. The minimum Gasteiger partial charge on any atom is -0.467 e. The number of carbonyl (C=O) groups is 2. The third-order valence-electron chi connectivity index (χ3n) is 4.42. The molecular weight excluding hydrogens is 323 g/mol. The van der Waals surface area contributed by atoms with Crippen LogP contribution in [0.2, 0.25) is 0 Å². The van der Waals surface area contributed by atoms with Gasteiger partial charge in [0.15, 0.2) is 0 Å². The highest BCUT2D eigenvalue weighted by atomic mass is 19.4.